The average Bonchev–Trinajstić information content (AvgIpc) is 2.85. The van der Waals surface area contributed by atoms with Crippen molar-refractivity contribution in [2.75, 3.05) is 19.8 Å². The van der Waals surface area contributed by atoms with Gasteiger partial charge in [0.1, 0.15) is 11.5 Å². The Morgan fingerprint density at radius 1 is 1.31 bits per heavy atom. The molecule has 7 heteroatoms. The SMILES string of the molecule is Cc1nn(-c2ccc(F)cc2F)c(C)c1C(=O)NCCCOCC(C)C. The lowest BCUT2D eigenvalue weighted by molar-refractivity contribution is 0.0924. The van der Waals surface area contributed by atoms with Crippen LogP contribution in [0.1, 0.15) is 42.0 Å². The van der Waals surface area contributed by atoms with E-state index in [0.29, 0.717) is 49.0 Å². The molecule has 5 nitrogen and oxygen atoms in total. The number of carbonyl (C=O) groups is 1. The number of aryl methyl sites for hydroxylation is 1. The number of aromatic nitrogens is 2. The van der Waals surface area contributed by atoms with Gasteiger partial charge in [-0.3, -0.25) is 4.79 Å². The van der Waals surface area contributed by atoms with Crippen molar-refractivity contribution in [2.45, 2.75) is 34.1 Å². The van der Waals surface area contributed by atoms with Crippen LogP contribution in [0.5, 0.6) is 0 Å². The van der Waals surface area contributed by atoms with Gasteiger partial charge in [-0.15, -0.1) is 0 Å². The highest BCUT2D eigenvalue weighted by molar-refractivity contribution is 5.96. The first kappa shape index (κ1) is 20.0. The number of hydrogen-bond acceptors (Lipinski definition) is 3. The van der Waals surface area contributed by atoms with Crippen molar-refractivity contribution >= 4 is 5.91 Å². The third-order valence-electron chi connectivity index (χ3n) is 3.86. The van der Waals surface area contributed by atoms with Crippen molar-refractivity contribution in [3.63, 3.8) is 0 Å². The Balaban J connectivity index is 2.04. The Hall–Kier alpha value is -2.28. The van der Waals surface area contributed by atoms with E-state index < -0.39 is 11.6 Å². The summed E-state index contributed by atoms with van der Waals surface area (Å²) in [6.07, 6.45) is 0.706. The first-order chi connectivity index (χ1) is 12.3. The van der Waals surface area contributed by atoms with Crippen molar-refractivity contribution in [3.05, 3.63) is 46.8 Å². The van der Waals surface area contributed by atoms with Crippen molar-refractivity contribution < 1.29 is 18.3 Å². The van der Waals surface area contributed by atoms with Crippen LogP contribution < -0.4 is 5.32 Å². The molecule has 0 saturated heterocycles. The molecule has 0 radical (unpaired) electrons. The molecule has 1 aromatic heterocycles. The van der Waals surface area contributed by atoms with Crippen LogP contribution in [-0.4, -0.2) is 35.4 Å². The average molecular weight is 365 g/mol. The number of amides is 1. The fraction of sp³-hybridized carbons (Fsp3) is 0.474. The van der Waals surface area contributed by atoms with Gasteiger partial charge in [-0.1, -0.05) is 13.8 Å². The molecule has 26 heavy (non-hydrogen) atoms. The third kappa shape index (κ3) is 4.88. The summed E-state index contributed by atoms with van der Waals surface area (Å²) >= 11 is 0. The molecule has 0 spiro atoms. The second-order valence-corrected chi connectivity index (χ2v) is 6.63. The first-order valence-corrected chi connectivity index (χ1v) is 8.68. The van der Waals surface area contributed by atoms with E-state index in [0.717, 1.165) is 12.1 Å². The molecule has 0 unspecified atom stereocenters. The van der Waals surface area contributed by atoms with Crippen LogP contribution in [0.2, 0.25) is 0 Å². The molecule has 0 aliphatic carbocycles. The van der Waals surface area contributed by atoms with Crippen molar-refractivity contribution in [1.82, 2.24) is 15.1 Å². The molecular formula is C19H25F2N3O2. The third-order valence-corrected chi connectivity index (χ3v) is 3.86. The molecule has 2 rings (SSSR count). The van der Waals surface area contributed by atoms with E-state index in [4.69, 9.17) is 4.74 Å². The minimum atomic E-state index is -0.732. The number of nitrogens with one attached hydrogen (secondary N) is 1. The Morgan fingerprint density at radius 2 is 2.04 bits per heavy atom. The molecule has 0 aliphatic rings. The van der Waals surface area contributed by atoms with Gasteiger partial charge in [0, 0.05) is 25.8 Å². The predicted molar refractivity (Wildman–Crippen MR) is 95.6 cm³/mol. The normalized spacial score (nSPS) is 11.2. The summed E-state index contributed by atoms with van der Waals surface area (Å²) in [5, 5.41) is 7.07. The van der Waals surface area contributed by atoms with Gasteiger partial charge >= 0.3 is 0 Å². The molecular weight excluding hydrogens is 340 g/mol. The zero-order valence-corrected chi connectivity index (χ0v) is 15.6. The zero-order chi connectivity index (χ0) is 19.3. The van der Waals surface area contributed by atoms with E-state index in [1.807, 2.05) is 0 Å². The predicted octanol–water partition coefficient (Wildman–Crippen LogP) is 3.56. The molecule has 0 saturated carbocycles. The maximum atomic E-state index is 14.0. The van der Waals surface area contributed by atoms with Crippen LogP contribution in [0.15, 0.2) is 18.2 Å². The van der Waals surface area contributed by atoms with E-state index in [9.17, 15) is 13.6 Å². The van der Waals surface area contributed by atoms with Crippen LogP contribution in [0.4, 0.5) is 8.78 Å². The molecule has 1 amide bonds. The smallest absolute Gasteiger partial charge is 0.255 e. The van der Waals surface area contributed by atoms with Crippen LogP contribution in [0, 0.1) is 31.4 Å². The Morgan fingerprint density at radius 3 is 2.69 bits per heavy atom. The second kappa shape index (κ2) is 8.89. The van der Waals surface area contributed by atoms with Gasteiger partial charge in [-0.25, -0.2) is 13.5 Å². The van der Waals surface area contributed by atoms with Gasteiger partial charge in [-0.05, 0) is 38.3 Å². The fourth-order valence-electron chi connectivity index (χ4n) is 2.64. The summed E-state index contributed by atoms with van der Waals surface area (Å²) < 4.78 is 33.9. The van der Waals surface area contributed by atoms with Gasteiger partial charge < -0.3 is 10.1 Å². The lowest BCUT2D eigenvalue weighted by Crippen LogP contribution is -2.26. The lowest BCUT2D eigenvalue weighted by Gasteiger charge is -2.09. The maximum absolute atomic E-state index is 14.0. The minimum absolute atomic E-state index is 0.105. The molecule has 0 aliphatic heterocycles. The molecule has 1 N–H and O–H groups in total. The standard InChI is InChI=1S/C19H25F2N3O2/c1-12(2)11-26-9-5-8-22-19(25)18-13(3)23-24(14(18)4)17-7-6-15(20)10-16(17)21/h6-7,10,12H,5,8-9,11H2,1-4H3,(H,22,25). The summed E-state index contributed by atoms with van der Waals surface area (Å²) in [5.41, 5.74) is 1.49. The highest BCUT2D eigenvalue weighted by Crippen LogP contribution is 2.20. The summed E-state index contributed by atoms with van der Waals surface area (Å²) in [5.74, 6) is -1.18. The number of benzene rings is 1. The summed E-state index contributed by atoms with van der Waals surface area (Å²) in [4.78, 5) is 12.5. The number of rotatable bonds is 8. The number of nitrogens with zero attached hydrogens (tertiary/aromatic N) is 2. The second-order valence-electron chi connectivity index (χ2n) is 6.63. The molecule has 142 valence electrons. The van der Waals surface area contributed by atoms with Crippen LogP contribution in [0.25, 0.3) is 5.69 Å². The van der Waals surface area contributed by atoms with Crippen LogP contribution in [0.3, 0.4) is 0 Å². The van der Waals surface area contributed by atoms with Gasteiger partial charge in [0.2, 0.25) is 0 Å². The van der Waals surface area contributed by atoms with E-state index >= 15 is 0 Å². The zero-order valence-electron chi connectivity index (χ0n) is 15.6. The molecule has 1 aromatic carbocycles. The fourth-order valence-corrected chi connectivity index (χ4v) is 2.64. The Labute approximate surface area is 152 Å². The van der Waals surface area contributed by atoms with Gasteiger partial charge in [0.25, 0.3) is 5.91 Å². The van der Waals surface area contributed by atoms with E-state index in [2.05, 4.69) is 24.3 Å². The summed E-state index contributed by atoms with van der Waals surface area (Å²) in [6.45, 7) is 9.28. The molecule has 1 heterocycles. The van der Waals surface area contributed by atoms with Gasteiger partial charge in [0.05, 0.1) is 17.0 Å². The highest BCUT2D eigenvalue weighted by Gasteiger charge is 2.20. The highest BCUT2D eigenvalue weighted by atomic mass is 19.1. The Kier molecular flexibility index (Phi) is 6.85. The minimum Gasteiger partial charge on any atom is -0.381 e. The molecule has 0 atom stereocenters. The van der Waals surface area contributed by atoms with Crippen molar-refractivity contribution in [2.24, 2.45) is 5.92 Å². The first-order valence-electron chi connectivity index (χ1n) is 8.68. The van der Waals surface area contributed by atoms with E-state index in [1.165, 1.54) is 10.7 Å². The lowest BCUT2D eigenvalue weighted by atomic mass is 10.2. The van der Waals surface area contributed by atoms with Gasteiger partial charge in [-0.2, -0.15) is 5.10 Å². The summed E-state index contributed by atoms with van der Waals surface area (Å²) in [7, 11) is 0. The topological polar surface area (TPSA) is 56.2 Å². The van der Waals surface area contributed by atoms with Crippen LogP contribution >= 0.6 is 0 Å². The van der Waals surface area contributed by atoms with E-state index in [-0.39, 0.29) is 11.6 Å². The van der Waals surface area contributed by atoms with E-state index in [1.54, 1.807) is 13.8 Å². The molecule has 0 bridgehead atoms. The van der Waals surface area contributed by atoms with Gasteiger partial charge in [0.15, 0.2) is 5.82 Å². The monoisotopic (exact) mass is 365 g/mol. The largest absolute Gasteiger partial charge is 0.381 e. The van der Waals surface area contributed by atoms with Crippen molar-refractivity contribution in [3.8, 4) is 5.69 Å². The quantitative estimate of drug-likeness (QED) is 0.728. The number of halogens is 2. The summed E-state index contributed by atoms with van der Waals surface area (Å²) in [6, 6.07) is 3.26. The molecule has 2 aromatic rings. The number of hydrogen-bond donors (Lipinski definition) is 1. The number of ether oxygens (including phenoxy) is 1. The molecule has 0 fully saturated rings. The Bertz CT molecular complexity index is 772. The van der Waals surface area contributed by atoms with Crippen molar-refractivity contribution in [1.29, 1.82) is 0 Å². The maximum Gasteiger partial charge on any atom is 0.255 e. The number of carbonyl (C=O) groups excluding carboxylic acids is 1. The van der Waals surface area contributed by atoms with Crippen LogP contribution in [-0.2, 0) is 4.74 Å².